The van der Waals surface area contributed by atoms with Crippen LogP contribution in [0.5, 0.6) is 0 Å². The molecule has 2 aromatic rings. The highest BCUT2D eigenvalue weighted by Gasteiger charge is 2.21. The van der Waals surface area contributed by atoms with Gasteiger partial charge in [-0.3, -0.25) is 4.98 Å². The smallest absolute Gasteiger partial charge is 0.163 e. The lowest BCUT2D eigenvalue weighted by molar-refractivity contribution is 0.708. The summed E-state index contributed by atoms with van der Waals surface area (Å²) in [5, 5.41) is 3.46. The maximum atomic E-state index is 4.89. The molecule has 0 radical (unpaired) electrons. The standard InChI is InChI=1S/C17H19N5/c1-2-11-22(10-1)17-14-5-8-18-9-6-15(14)20-16(21-17)13-4-3-7-19-12-13/h1-4,7,12,18H,5-6,8-11H2. The zero-order valence-electron chi connectivity index (χ0n) is 12.5. The van der Waals surface area contributed by atoms with E-state index in [1.807, 2.05) is 18.3 Å². The molecule has 0 unspecified atom stereocenters. The molecule has 0 spiro atoms. The molecule has 0 aromatic carbocycles. The van der Waals surface area contributed by atoms with E-state index in [-0.39, 0.29) is 0 Å². The Morgan fingerprint density at radius 1 is 1.05 bits per heavy atom. The highest BCUT2D eigenvalue weighted by Crippen LogP contribution is 2.27. The molecule has 0 bridgehead atoms. The third-order valence-electron chi connectivity index (χ3n) is 4.20. The Morgan fingerprint density at radius 2 is 1.91 bits per heavy atom. The van der Waals surface area contributed by atoms with Crippen LogP contribution in [0.15, 0.2) is 36.7 Å². The Bertz CT molecular complexity index is 688. The number of aromatic nitrogens is 3. The quantitative estimate of drug-likeness (QED) is 0.853. The Hall–Kier alpha value is -2.27. The third-order valence-corrected chi connectivity index (χ3v) is 4.20. The topological polar surface area (TPSA) is 53.9 Å². The zero-order chi connectivity index (χ0) is 14.8. The molecule has 0 saturated heterocycles. The average molecular weight is 293 g/mol. The van der Waals surface area contributed by atoms with Crippen LogP contribution in [-0.4, -0.2) is 41.1 Å². The van der Waals surface area contributed by atoms with E-state index in [0.29, 0.717) is 0 Å². The first-order chi connectivity index (χ1) is 10.9. The lowest BCUT2D eigenvalue weighted by Crippen LogP contribution is -2.23. The van der Waals surface area contributed by atoms with Crippen LogP contribution in [0.1, 0.15) is 11.3 Å². The van der Waals surface area contributed by atoms with Crippen molar-refractivity contribution in [3.05, 3.63) is 47.9 Å². The SMILES string of the molecule is C1=CCN(c2nc(-c3cccnc3)nc3c2CCNCC3)C1. The van der Waals surface area contributed by atoms with Gasteiger partial charge in [-0.15, -0.1) is 0 Å². The molecule has 22 heavy (non-hydrogen) atoms. The summed E-state index contributed by atoms with van der Waals surface area (Å²) in [6.07, 6.45) is 9.97. The molecule has 0 atom stereocenters. The summed E-state index contributed by atoms with van der Waals surface area (Å²) in [5.41, 5.74) is 3.47. The summed E-state index contributed by atoms with van der Waals surface area (Å²) < 4.78 is 0. The van der Waals surface area contributed by atoms with Gasteiger partial charge >= 0.3 is 0 Å². The van der Waals surface area contributed by atoms with E-state index >= 15 is 0 Å². The van der Waals surface area contributed by atoms with E-state index in [1.54, 1.807) is 6.20 Å². The predicted octanol–water partition coefficient (Wildman–Crippen LogP) is 1.60. The Morgan fingerprint density at radius 3 is 2.73 bits per heavy atom. The molecule has 0 amide bonds. The summed E-state index contributed by atoms with van der Waals surface area (Å²) in [7, 11) is 0. The fraction of sp³-hybridized carbons (Fsp3) is 0.353. The van der Waals surface area contributed by atoms with E-state index < -0.39 is 0 Å². The van der Waals surface area contributed by atoms with Crippen molar-refractivity contribution in [2.45, 2.75) is 12.8 Å². The van der Waals surface area contributed by atoms with E-state index in [4.69, 9.17) is 9.97 Å². The van der Waals surface area contributed by atoms with Crippen molar-refractivity contribution >= 4 is 5.82 Å². The molecule has 0 aliphatic carbocycles. The number of rotatable bonds is 2. The highest BCUT2D eigenvalue weighted by molar-refractivity contribution is 5.61. The first kappa shape index (κ1) is 13.4. The molecule has 4 rings (SSSR count). The van der Waals surface area contributed by atoms with Crippen molar-refractivity contribution in [3.8, 4) is 11.4 Å². The molecule has 2 aromatic heterocycles. The van der Waals surface area contributed by atoms with E-state index in [2.05, 4.69) is 27.4 Å². The third kappa shape index (κ3) is 2.48. The fourth-order valence-corrected chi connectivity index (χ4v) is 3.06. The summed E-state index contributed by atoms with van der Waals surface area (Å²) in [4.78, 5) is 16.3. The average Bonchev–Trinajstić information content (AvgIpc) is 3.00. The fourth-order valence-electron chi connectivity index (χ4n) is 3.06. The normalized spacial score (nSPS) is 17.4. The molecule has 5 heteroatoms. The van der Waals surface area contributed by atoms with Crippen LogP contribution in [0.3, 0.4) is 0 Å². The van der Waals surface area contributed by atoms with Gasteiger partial charge in [-0.05, 0) is 25.1 Å². The van der Waals surface area contributed by atoms with Gasteiger partial charge in [0.2, 0.25) is 0 Å². The maximum absolute atomic E-state index is 4.89. The molecule has 1 N–H and O–H groups in total. The number of anilines is 1. The van der Waals surface area contributed by atoms with Gasteiger partial charge in [-0.2, -0.15) is 0 Å². The molecule has 2 aliphatic rings. The molecule has 5 nitrogen and oxygen atoms in total. The second kappa shape index (κ2) is 5.85. The van der Waals surface area contributed by atoms with E-state index in [1.165, 1.54) is 11.3 Å². The number of hydrogen-bond donors (Lipinski definition) is 1. The minimum atomic E-state index is 0.788. The minimum absolute atomic E-state index is 0.788. The maximum Gasteiger partial charge on any atom is 0.163 e. The van der Waals surface area contributed by atoms with Crippen molar-refractivity contribution in [2.75, 3.05) is 31.1 Å². The molecule has 0 fully saturated rings. The van der Waals surface area contributed by atoms with Crippen molar-refractivity contribution in [2.24, 2.45) is 0 Å². The van der Waals surface area contributed by atoms with Crippen LogP contribution < -0.4 is 10.2 Å². The van der Waals surface area contributed by atoms with Gasteiger partial charge in [0.15, 0.2) is 5.82 Å². The van der Waals surface area contributed by atoms with Crippen LogP contribution in [0.2, 0.25) is 0 Å². The Balaban J connectivity index is 1.84. The minimum Gasteiger partial charge on any atom is -0.349 e. The second-order valence-corrected chi connectivity index (χ2v) is 5.66. The summed E-state index contributed by atoms with van der Waals surface area (Å²) in [6, 6.07) is 3.96. The lowest BCUT2D eigenvalue weighted by atomic mass is 10.1. The van der Waals surface area contributed by atoms with Crippen LogP contribution in [-0.2, 0) is 12.8 Å². The molecule has 2 aliphatic heterocycles. The first-order valence-electron chi connectivity index (χ1n) is 7.82. The number of pyridine rings is 1. The molecule has 4 heterocycles. The number of nitrogens with zero attached hydrogens (tertiary/aromatic N) is 4. The molecular weight excluding hydrogens is 274 g/mol. The molecule has 0 saturated carbocycles. The van der Waals surface area contributed by atoms with Gasteiger partial charge in [0.25, 0.3) is 0 Å². The lowest BCUT2D eigenvalue weighted by Gasteiger charge is -2.22. The van der Waals surface area contributed by atoms with Crippen LogP contribution in [0, 0.1) is 0 Å². The monoisotopic (exact) mass is 293 g/mol. The van der Waals surface area contributed by atoms with Crippen LogP contribution >= 0.6 is 0 Å². The van der Waals surface area contributed by atoms with Crippen LogP contribution in [0.4, 0.5) is 5.82 Å². The number of hydrogen-bond acceptors (Lipinski definition) is 5. The molecule has 112 valence electrons. The zero-order valence-corrected chi connectivity index (χ0v) is 12.5. The molecular formula is C17H19N5. The van der Waals surface area contributed by atoms with Gasteiger partial charge in [0.05, 0.1) is 5.69 Å². The van der Waals surface area contributed by atoms with Gasteiger partial charge in [0, 0.05) is 49.6 Å². The Kier molecular flexibility index (Phi) is 3.56. The van der Waals surface area contributed by atoms with Gasteiger partial charge in [-0.1, -0.05) is 12.2 Å². The predicted molar refractivity (Wildman–Crippen MR) is 86.9 cm³/mol. The largest absolute Gasteiger partial charge is 0.349 e. The highest BCUT2D eigenvalue weighted by atomic mass is 15.2. The van der Waals surface area contributed by atoms with Crippen molar-refractivity contribution in [1.82, 2.24) is 20.3 Å². The van der Waals surface area contributed by atoms with Crippen molar-refractivity contribution in [3.63, 3.8) is 0 Å². The van der Waals surface area contributed by atoms with E-state index in [0.717, 1.165) is 56.2 Å². The van der Waals surface area contributed by atoms with Gasteiger partial charge in [-0.25, -0.2) is 9.97 Å². The Labute approximate surface area is 130 Å². The summed E-state index contributed by atoms with van der Waals surface area (Å²) >= 11 is 0. The van der Waals surface area contributed by atoms with E-state index in [9.17, 15) is 0 Å². The first-order valence-corrected chi connectivity index (χ1v) is 7.82. The van der Waals surface area contributed by atoms with Crippen molar-refractivity contribution < 1.29 is 0 Å². The number of fused-ring (bicyclic) bond motifs is 1. The van der Waals surface area contributed by atoms with Gasteiger partial charge < -0.3 is 10.2 Å². The second-order valence-electron chi connectivity index (χ2n) is 5.66. The van der Waals surface area contributed by atoms with Crippen LogP contribution in [0.25, 0.3) is 11.4 Å². The van der Waals surface area contributed by atoms with Gasteiger partial charge in [0.1, 0.15) is 5.82 Å². The summed E-state index contributed by atoms with van der Waals surface area (Å²) in [6.45, 7) is 3.85. The van der Waals surface area contributed by atoms with Crippen molar-refractivity contribution in [1.29, 1.82) is 0 Å². The number of nitrogens with one attached hydrogen (secondary N) is 1. The summed E-state index contributed by atoms with van der Waals surface area (Å²) in [5.74, 6) is 1.88.